The highest BCUT2D eigenvalue weighted by atomic mass is 79.9. The second-order valence-electron chi connectivity index (χ2n) is 3.52. The number of amides is 1. The Morgan fingerprint density at radius 2 is 2.19 bits per heavy atom. The van der Waals surface area contributed by atoms with Crippen LogP contribution in [-0.4, -0.2) is 17.5 Å². The normalized spacial score (nSPS) is 10.8. The Kier molecular flexibility index (Phi) is 2.95. The van der Waals surface area contributed by atoms with Crippen LogP contribution in [-0.2, 0) is 7.05 Å². The van der Waals surface area contributed by atoms with Crippen LogP contribution in [0.15, 0.2) is 22.8 Å². The molecule has 0 atom stereocenters. The summed E-state index contributed by atoms with van der Waals surface area (Å²) in [7, 11) is 3.51. The van der Waals surface area contributed by atoms with E-state index in [1.54, 1.807) is 19.3 Å². The van der Waals surface area contributed by atoms with Crippen molar-refractivity contribution in [2.24, 2.45) is 7.05 Å². The Morgan fingerprint density at radius 1 is 1.50 bits per heavy atom. The molecule has 16 heavy (non-hydrogen) atoms. The molecule has 0 aliphatic carbocycles. The van der Waals surface area contributed by atoms with Crippen molar-refractivity contribution >= 4 is 44.3 Å². The van der Waals surface area contributed by atoms with Gasteiger partial charge in [0, 0.05) is 35.2 Å². The molecule has 0 fully saturated rings. The zero-order chi connectivity index (χ0) is 11.9. The van der Waals surface area contributed by atoms with E-state index in [9.17, 15) is 4.79 Å². The minimum absolute atomic E-state index is 0.111. The first-order chi connectivity index (χ1) is 7.54. The Morgan fingerprint density at radius 3 is 2.81 bits per heavy atom. The molecule has 0 saturated heterocycles. The molecular weight excluding hydrogens is 291 g/mol. The van der Waals surface area contributed by atoms with Gasteiger partial charge in [-0.3, -0.25) is 4.79 Å². The third-order valence-corrected chi connectivity index (χ3v) is 3.29. The van der Waals surface area contributed by atoms with E-state index in [0.29, 0.717) is 10.6 Å². The fourth-order valence-electron chi connectivity index (χ4n) is 1.77. The fourth-order valence-corrected chi connectivity index (χ4v) is 2.86. The van der Waals surface area contributed by atoms with E-state index in [2.05, 4.69) is 21.2 Å². The number of carbonyl (C=O) groups is 1. The van der Waals surface area contributed by atoms with Crippen LogP contribution in [0, 0.1) is 0 Å². The number of rotatable bonds is 1. The molecule has 2 rings (SSSR count). The number of hydrogen-bond donors (Lipinski definition) is 1. The predicted octanol–water partition coefficient (Wildman–Crippen LogP) is 2.95. The summed E-state index contributed by atoms with van der Waals surface area (Å²) in [6.45, 7) is 0. The third kappa shape index (κ3) is 1.72. The van der Waals surface area contributed by atoms with Gasteiger partial charge in [0.05, 0.1) is 11.1 Å². The number of aryl methyl sites for hydroxylation is 1. The van der Waals surface area contributed by atoms with Gasteiger partial charge in [-0.1, -0.05) is 11.6 Å². The van der Waals surface area contributed by atoms with Crippen molar-refractivity contribution < 1.29 is 4.79 Å². The second-order valence-corrected chi connectivity index (χ2v) is 4.81. The first-order valence-corrected chi connectivity index (χ1v) is 5.88. The molecule has 0 saturated carbocycles. The summed E-state index contributed by atoms with van der Waals surface area (Å²) in [4.78, 5) is 11.7. The molecule has 0 aliphatic heterocycles. The zero-order valence-electron chi connectivity index (χ0n) is 8.84. The largest absolute Gasteiger partial charge is 0.355 e. The van der Waals surface area contributed by atoms with Crippen molar-refractivity contribution in [1.29, 1.82) is 0 Å². The average Bonchev–Trinajstić information content (AvgIpc) is 2.54. The smallest absolute Gasteiger partial charge is 0.253 e. The van der Waals surface area contributed by atoms with E-state index in [4.69, 9.17) is 11.6 Å². The van der Waals surface area contributed by atoms with Crippen LogP contribution >= 0.6 is 27.5 Å². The van der Waals surface area contributed by atoms with Gasteiger partial charge in [-0.05, 0) is 28.1 Å². The highest BCUT2D eigenvalue weighted by molar-refractivity contribution is 9.10. The molecule has 1 N–H and O–H groups in total. The zero-order valence-corrected chi connectivity index (χ0v) is 11.2. The van der Waals surface area contributed by atoms with Crippen molar-refractivity contribution in [1.82, 2.24) is 9.88 Å². The van der Waals surface area contributed by atoms with Crippen LogP contribution < -0.4 is 5.32 Å². The van der Waals surface area contributed by atoms with Gasteiger partial charge in [-0.15, -0.1) is 0 Å². The topological polar surface area (TPSA) is 34.0 Å². The summed E-state index contributed by atoms with van der Waals surface area (Å²) in [6, 6.07) is 3.61. The molecule has 1 heterocycles. The molecule has 0 radical (unpaired) electrons. The van der Waals surface area contributed by atoms with Crippen molar-refractivity contribution in [3.8, 4) is 0 Å². The maximum atomic E-state index is 11.7. The van der Waals surface area contributed by atoms with Crippen molar-refractivity contribution in [2.75, 3.05) is 7.05 Å². The molecule has 0 aliphatic rings. The average molecular weight is 302 g/mol. The quantitative estimate of drug-likeness (QED) is 0.863. The lowest BCUT2D eigenvalue weighted by atomic mass is 10.1. The minimum Gasteiger partial charge on any atom is -0.355 e. The van der Waals surface area contributed by atoms with E-state index >= 15 is 0 Å². The van der Waals surface area contributed by atoms with Crippen molar-refractivity contribution in [3.05, 3.63) is 33.4 Å². The summed E-state index contributed by atoms with van der Waals surface area (Å²) in [5, 5.41) is 4.07. The molecule has 0 bridgehead atoms. The minimum atomic E-state index is -0.111. The van der Waals surface area contributed by atoms with Gasteiger partial charge in [0.1, 0.15) is 0 Å². The lowest BCUT2D eigenvalue weighted by Crippen LogP contribution is -2.17. The molecule has 0 spiro atoms. The van der Waals surface area contributed by atoms with E-state index < -0.39 is 0 Å². The first-order valence-electron chi connectivity index (χ1n) is 4.70. The van der Waals surface area contributed by atoms with Crippen LogP contribution in [0.25, 0.3) is 10.9 Å². The first kappa shape index (κ1) is 11.5. The highest BCUT2D eigenvalue weighted by Gasteiger charge is 2.15. The van der Waals surface area contributed by atoms with Gasteiger partial charge >= 0.3 is 0 Å². The SMILES string of the molecule is CNC(=O)c1cn(C)c2c(Br)cc(Cl)cc12. The number of nitrogens with one attached hydrogen (secondary N) is 1. The summed E-state index contributed by atoms with van der Waals surface area (Å²) in [5.74, 6) is -0.111. The van der Waals surface area contributed by atoms with E-state index in [0.717, 1.165) is 15.4 Å². The molecule has 0 unspecified atom stereocenters. The van der Waals surface area contributed by atoms with E-state index in [1.807, 2.05) is 17.7 Å². The summed E-state index contributed by atoms with van der Waals surface area (Å²) in [6.07, 6.45) is 1.80. The van der Waals surface area contributed by atoms with Gasteiger partial charge in [0.15, 0.2) is 0 Å². The molecule has 2 aromatic rings. The summed E-state index contributed by atoms with van der Waals surface area (Å²) >= 11 is 9.43. The van der Waals surface area contributed by atoms with E-state index in [1.165, 1.54) is 0 Å². The van der Waals surface area contributed by atoms with Gasteiger partial charge in [-0.25, -0.2) is 0 Å². The maximum absolute atomic E-state index is 11.7. The summed E-state index contributed by atoms with van der Waals surface area (Å²) < 4.78 is 2.79. The van der Waals surface area contributed by atoms with Gasteiger partial charge in [0.2, 0.25) is 0 Å². The van der Waals surface area contributed by atoms with Gasteiger partial charge in [-0.2, -0.15) is 0 Å². The Hall–Kier alpha value is -1.00. The number of hydrogen-bond acceptors (Lipinski definition) is 1. The lowest BCUT2D eigenvalue weighted by molar-refractivity contribution is 0.0964. The van der Waals surface area contributed by atoms with Gasteiger partial charge in [0.25, 0.3) is 5.91 Å². The van der Waals surface area contributed by atoms with Crippen LogP contribution in [0.5, 0.6) is 0 Å². The number of benzene rings is 1. The molecule has 1 aromatic heterocycles. The van der Waals surface area contributed by atoms with Crippen molar-refractivity contribution in [2.45, 2.75) is 0 Å². The lowest BCUT2D eigenvalue weighted by Gasteiger charge is -2.01. The van der Waals surface area contributed by atoms with E-state index in [-0.39, 0.29) is 5.91 Å². The van der Waals surface area contributed by atoms with Gasteiger partial charge < -0.3 is 9.88 Å². The molecule has 1 aromatic carbocycles. The Labute approximate surface area is 107 Å². The van der Waals surface area contributed by atoms with Crippen molar-refractivity contribution in [3.63, 3.8) is 0 Å². The Balaban J connectivity index is 2.83. The molecule has 1 amide bonds. The third-order valence-electron chi connectivity index (χ3n) is 2.47. The fraction of sp³-hybridized carbons (Fsp3) is 0.182. The molecule has 5 heteroatoms. The van der Waals surface area contributed by atoms with Crippen LogP contribution in [0.1, 0.15) is 10.4 Å². The standard InChI is InChI=1S/C11H10BrClN2O/c1-14-11(16)8-5-15(2)10-7(8)3-6(13)4-9(10)12/h3-5H,1-2H3,(H,14,16). The summed E-state index contributed by atoms with van der Waals surface area (Å²) in [5.41, 5.74) is 1.59. The molecular formula is C11H10BrClN2O. The molecule has 84 valence electrons. The maximum Gasteiger partial charge on any atom is 0.253 e. The molecule has 3 nitrogen and oxygen atoms in total. The predicted molar refractivity (Wildman–Crippen MR) is 69.0 cm³/mol. The van der Waals surface area contributed by atoms with Crippen LogP contribution in [0.3, 0.4) is 0 Å². The monoisotopic (exact) mass is 300 g/mol. The second kappa shape index (κ2) is 4.11. The van der Waals surface area contributed by atoms with Crippen LogP contribution in [0.2, 0.25) is 5.02 Å². The number of halogens is 2. The number of nitrogens with zero attached hydrogens (tertiary/aromatic N) is 1. The number of carbonyl (C=O) groups excluding carboxylic acids is 1. The highest BCUT2D eigenvalue weighted by Crippen LogP contribution is 2.31. The number of aromatic nitrogens is 1. The van der Waals surface area contributed by atoms with Crippen LogP contribution in [0.4, 0.5) is 0 Å². The Bertz CT molecular complexity index is 577. The number of fused-ring (bicyclic) bond motifs is 1.